The van der Waals surface area contributed by atoms with Gasteiger partial charge in [0.05, 0.1) is 17.0 Å². The molecule has 6 rings (SSSR count). The number of rotatable bonds is 7. The Morgan fingerprint density at radius 2 is 1.77 bits per heavy atom. The maximum atomic E-state index is 14.0. The molecule has 0 aliphatic carbocycles. The first-order valence-electron chi connectivity index (χ1n) is 12.9. The van der Waals surface area contributed by atoms with Gasteiger partial charge in [-0.2, -0.15) is 0 Å². The number of carbonyl (C=O) groups excluding carboxylic acids is 1. The van der Waals surface area contributed by atoms with Crippen LogP contribution in [0.1, 0.15) is 62.8 Å². The second-order valence-corrected chi connectivity index (χ2v) is 10.8. The van der Waals surface area contributed by atoms with E-state index in [9.17, 15) is 9.59 Å². The van der Waals surface area contributed by atoms with Crippen LogP contribution in [0.4, 0.5) is 5.13 Å². The summed E-state index contributed by atoms with van der Waals surface area (Å²) in [5.41, 5.74) is 4.24. The summed E-state index contributed by atoms with van der Waals surface area (Å²) in [6, 6.07) is 20.3. The van der Waals surface area contributed by atoms with Crippen LogP contribution >= 0.6 is 11.3 Å². The summed E-state index contributed by atoms with van der Waals surface area (Å²) in [6.45, 7) is 6.38. The normalized spacial score (nSPS) is 14.7. The van der Waals surface area contributed by atoms with Crippen molar-refractivity contribution < 1.29 is 13.9 Å². The third-order valence-electron chi connectivity index (χ3n) is 7.03. The minimum atomic E-state index is -0.725. The number of anilines is 1. The highest BCUT2D eigenvalue weighted by Crippen LogP contribution is 2.43. The summed E-state index contributed by atoms with van der Waals surface area (Å²) < 4.78 is 12.2. The zero-order valence-electron chi connectivity index (χ0n) is 21.9. The molecule has 2 aromatic heterocycles. The largest absolute Gasteiger partial charge is 0.489 e. The van der Waals surface area contributed by atoms with Crippen LogP contribution < -0.4 is 15.1 Å². The number of hydrogen-bond donors (Lipinski definition) is 0. The van der Waals surface area contributed by atoms with E-state index in [1.54, 1.807) is 4.90 Å². The van der Waals surface area contributed by atoms with Gasteiger partial charge in [0.2, 0.25) is 10.9 Å². The van der Waals surface area contributed by atoms with E-state index in [1.165, 1.54) is 11.3 Å². The molecule has 3 heterocycles. The fraction of sp³-hybridized carbons (Fsp3) is 0.226. The zero-order valence-corrected chi connectivity index (χ0v) is 22.7. The van der Waals surface area contributed by atoms with Gasteiger partial charge >= 0.3 is 0 Å². The van der Waals surface area contributed by atoms with E-state index < -0.39 is 11.9 Å². The second kappa shape index (κ2) is 10.1. The van der Waals surface area contributed by atoms with Crippen molar-refractivity contribution in [3.05, 3.63) is 116 Å². The molecular formula is C31H27N3O4S. The van der Waals surface area contributed by atoms with Crippen molar-refractivity contribution in [2.45, 2.75) is 46.3 Å². The molecule has 7 nitrogen and oxygen atoms in total. The second-order valence-electron chi connectivity index (χ2n) is 9.76. The SMILES string of the molecule is CCCc1nnc(N2C(=O)c3oc4cc(C)c(C)cc4c(=O)c3C2c2cccc(OCc3ccccc3)c2)s1. The van der Waals surface area contributed by atoms with Gasteiger partial charge in [-0.15, -0.1) is 10.2 Å². The van der Waals surface area contributed by atoms with Gasteiger partial charge in [-0.25, -0.2) is 0 Å². The Balaban J connectivity index is 1.49. The van der Waals surface area contributed by atoms with Crippen LogP contribution in [-0.2, 0) is 13.0 Å². The molecule has 1 amide bonds. The van der Waals surface area contributed by atoms with Gasteiger partial charge in [0.25, 0.3) is 5.91 Å². The average Bonchev–Trinajstić information content (AvgIpc) is 3.52. The highest BCUT2D eigenvalue weighted by Gasteiger charge is 2.45. The quantitative estimate of drug-likeness (QED) is 0.234. The lowest BCUT2D eigenvalue weighted by Crippen LogP contribution is -2.29. The molecule has 0 saturated heterocycles. The monoisotopic (exact) mass is 537 g/mol. The van der Waals surface area contributed by atoms with E-state index >= 15 is 0 Å². The number of fused-ring (bicyclic) bond motifs is 2. The summed E-state index contributed by atoms with van der Waals surface area (Å²) in [6.07, 6.45) is 1.68. The molecule has 196 valence electrons. The molecule has 39 heavy (non-hydrogen) atoms. The van der Waals surface area contributed by atoms with E-state index in [-0.39, 0.29) is 11.2 Å². The van der Waals surface area contributed by atoms with Crippen LogP contribution in [0.3, 0.4) is 0 Å². The summed E-state index contributed by atoms with van der Waals surface area (Å²) in [5.74, 6) is 0.281. The van der Waals surface area contributed by atoms with Crippen LogP contribution in [0.25, 0.3) is 11.0 Å². The predicted molar refractivity (Wildman–Crippen MR) is 152 cm³/mol. The first-order chi connectivity index (χ1) is 18.9. The summed E-state index contributed by atoms with van der Waals surface area (Å²) in [5, 5.41) is 10.4. The molecular weight excluding hydrogens is 510 g/mol. The topological polar surface area (TPSA) is 85.5 Å². The molecule has 1 aliphatic rings. The van der Waals surface area contributed by atoms with Crippen molar-refractivity contribution in [2.75, 3.05) is 4.90 Å². The number of hydrogen-bond acceptors (Lipinski definition) is 7. The Morgan fingerprint density at radius 1 is 0.974 bits per heavy atom. The minimum Gasteiger partial charge on any atom is -0.489 e. The maximum Gasteiger partial charge on any atom is 0.297 e. The summed E-state index contributed by atoms with van der Waals surface area (Å²) in [7, 11) is 0. The number of amides is 1. The highest BCUT2D eigenvalue weighted by molar-refractivity contribution is 7.15. The van der Waals surface area contributed by atoms with E-state index in [1.807, 2.05) is 80.6 Å². The standard InChI is InChI=1S/C31H27N3O4S/c1-4-9-25-32-33-31(39-25)34-27(21-12-8-13-22(16-21)37-17-20-10-6-5-7-11-20)26-28(35)23-14-18(2)19(3)15-24(23)38-29(26)30(34)36/h5-8,10-16,27H,4,9,17H2,1-3H3. The van der Waals surface area contributed by atoms with Gasteiger partial charge < -0.3 is 9.15 Å². The Labute approximate surface area is 229 Å². The molecule has 3 aromatic carbocycles. The van der Waals surface area contributed by atoms with E-state index in [2.05, 4.69) is 17.1 Å². The molecule has 0 bridgehead atoms. The fourth-order valence-corrected chi connectivity index (χ4v) is 5.88. The molecule has 0 radical (unpaired) electrons. The Bertz CT molecular complexity index is 1760. The number of aromatic nitrogens is 2. The van der Waals surface area contributed by atoms with Gasteiger partial charge in [-0.05, 0) is 66.8 Å². The van der Waals surface area contributed by atoms with E-state index in [0.29, 0.717) is 34.0 Å². The van der Waals surface area contributed by atoms with Crippen molar-refractivity contribution >= 4 is 33.3 Å². The molecule has 1 unspecified atom stereocenters. The molecule has 5 aromatic rings. The first-order valence-corrected chi connectivity index (χ1v) is 13.8. The third-order valence-corrected chi connectivity index (χ3v) is 8.02. The van der Waals surface area contributed by atoms with Crippen molar-refractivity contribution in [3.63, 3.8) is 0 Å². The first kappa shape index (κ1) is 25.0. The van der Waals surface area contributed by atoms with Crippen molar-refractivity contribution in [3.8, 4) is 5.75 Å². The average molecular weight is 538 g/mol. The number of benzene rings is 3. The van der Waals surface area contributed by atoms with Gasteiger partial charge in [0.1, 0.15) is 22.9 Å². The predicted octanol–water partition coefficient (Wildman–Crippen LogP) is 6.54. The Morgan fingerprint density at radius 3 is 2.56 bits per heavy atom. The molecule has 1 atom stereocenters. The fourth-order valence-electron chi connectivity index (χ4n) is 4.91. The lowest BCUT2D eigenvalue weighted by molar-refractivity contribution is 0.0970. The number of carbonyl (C=O) groups is 1. The smallest absolute Gasteiger partial charge is 0.297 e. The highest BCUT2D eigenvalue weighted by atomic mass is 32.1. The van der Waals surface area contributed by atoms with Gasteiger partial charge in [0.15, 0.2) is 5.43 Å². The van der Waals surface area contributed by atoms with Crippen LogP contribution in [0.5, 0.6) is 5.75 Å². The Kier molecular flexibility index (Phi) is 6.48. The number of aryl methyl sites for hydroxylation is 3. The van der Waals surface area contributed by atoms with Gasteiger partial charge in [-0.1, -0.05) is 60.7 Å². The zero-order chi connectivity index (χ0) is 27.1. The maximum absolute atomic E-state index is 14.0. The molecule has 1 aliphatic heterocycles. The van der Waals surface area contributed by atoms with Crippen molar-refractivity contribution in [1.29, 1.82) is 0 Å². The minimum absolute atomic E-state index is 0.0450. The van der Waals surface area contributed by atoms with Gasteiger partial charge in [-0.3, -0.25) is 14.5 Å². The van der Waals surface area contributed by atoms with Crippen molar-refractivity contribution in [1.82, 2.24) is 10.2 Å². The lowest BCUT2D eigenvalue weighted by atomic mass is 9.97. The number of ether oxygens (including phenoxy) is 1. The van der Waals surface area contributed by atoms with E-state index in [4.69, 9.17) is 9.15 Å². The summed E-state index contributed by atoms with van der Waals surface area (Å²) in [4.78, 5) is 29.4. The molecule has 0 saturated carbocycles. The Hall–Kier alpha value is -4.30. The van der Waals surface area contributed by atoms with Crippen LogP contribution in [0, 0.1) is 13.8 Å². The van der Waals surface area contributed by atoms with Crippen LogP contribution in [0.2, 0.25) is 0 Å². The van der Waals surface area contributed by atoms with E-state index in [0.717, 1.165) is 40.1 Å². The molecule has 0 spiro atoms. The molecule has 8 heteroatoms. The van der Waals surface area contributed by atoms with Crippen LogP contribution in [0.15, 0.2) is 75.9 Å². The summed E-state index contributed by atoms with van der Waals surface area (Å²) >= 11 is 1.36. The molecule has 0 fully saturated rings. The van der Waals surface area contributed by atoms with Crippen LogP contribution in [-0.4, -0.2) is 16.1 Å². The van der Waals surface area contributed by atoms with Gasteiger partial charge in [0, 0.05) is 6.42 Å². The third kappa shape index (κ3) is 4.51. The molecule has 0 N–H and O–H groups in total. The number of nitrogens with zero attached hydrogens (tertiary/aromatic N) is 3. The lowest BCUT2D eigenvalue weighted by Gasteiger charge is -2.22. The van der Waals surface area contributed by atoms with Crippen molar-refractivity contribution in [2.24, 2.45) is 0 Å².